The first-order valence-corrected chi connectivity index (χ1v) is 22.9. The summed E-state index contributed by atoms with van der Waals surface area (Å²) in [6.45, 7) is 0. The molecule has 294 valence electrons. The van der Waals surface area contributed by atoms with Crippen LogP contribution < -0.4 is 0 Å². The third-order valence-corrected chi connectivity index (χ3v) is 15.3. The number of hydrogen-bond acceptors (Lipinski definition) is 2. The van der Waals surface area contributed by atoms with E-state index < -0.39 is 0 Å². The van der Waals surface area contributed by atoms with E-state index in [2.05, 4.69) is 152 Å². The van der Waals surface area contributed by atoms with Crippen LogP contribution >= 0.6 is 0 Å². The van der Waals surface area contributed by atoms with Crippen molar-refractivity contribution < 1.29 is 0 Å². The monoisotopic (exact) mass is 776 g/mol. The van der Waals surface area contributed by atoms with Gasteiger partial charge in [-0.25, -0.2) is 4.99 Å². The van der Waals surface area contributed by atoms with Gasteiger partial charge in [-0.1, -0.05) is 178 Å². The van der Waals surface area contributed by atoms with Gasteiger partial charge in [-0.05, 0) is 129 Å². The second kappa shape index (κ2) is 14.4. The van der Waals surface area contributed by atoms with E-state index in [4.69, 9.17) is 9.98 Å². The van der Waals surface area contributed by atoms with Crippen LogP contribution in [0.15, 0.2) is 167 Å². The average Bonchev–Trinajstić information content (AvgIpc) is 3.74. The summed E-state index contributed by atoms with van der Waals surface area (Å²) in [6, 6.07) is 54.6. The molecule has 6 aromatic rings. The molecule has 2 saturated carbocycles. The Balaban J connectivity index is 0.908. The first-order valence-electron chi connectivity index (χ1n) is 22.9. The lowest BCUT2D eigenvalue weighted by atomic mass is 9.63. The van der Waals surface area contributed by atoms with Crippen LogP contribution in [0.1, 0.15) is 134 Å². The highest BCUT2D eigenvalue weighted by Gasteiger charge is 2.50. The van der Waals surface area contributed by atoms with Crippen LogP contribution in [0, 0.1) is 0 Å². The minimum atomic E-state index is -0.00420. The van der Waals surface area contributed by atoms with Crippen molar-refractivity contribution in [2.45, 2.75) is 100 Å². The Bertz CT molecular complexity index is 2750. The fraction of sp³-hybridized carbons (Fsp3) is 0.276. The van der Waals surface area contributed by atoms with Crippen molar-refractivity contribution in [3.8, 4) is 22.3 Å². The lowest BCUT2D eigenvalue weighted by molar-refractivity contribution is 0.348. The summed E-state index contributed by atoms with van der Waals surface area (Å²) < 4.78 is 0. The molecule has 1 atom stereocenters. The fourth-order valence-electron chi connectivity index (χ4n) is 12.5. The van der Waals surface area contributed by atoms with Gasteiger partial charge < -0.3 is 0 Å². The SMILES string of the molecule is C1=C(c2ccc(C3=NC(c4ccccc4)=NC(c4ccc(-c5ccccc5)cc4)C3)cc2)C2=C(CC1)c1cc3c(cc1C21CCCCC1)-c1ccccc1C31CCCCC1. The largest absolute Gasteiger partial charge is 0.258 e. The van der Waals surface area contributed by atoms with Crippen molar-refractivity contribution in [2.24, 2.45) is 9.98 Å². The minimum Gasteiger partial charge on any atom is -0.258 e. The molecule has 0 N–H and O–H groups in total. The van der Waals surface area contributed by atoms with Gasteiger partial charge in [-0.2, -0.15) is 0 Å². The predicted octanol–water partition coefficient (Wildman–Crippen LogP) is 14.8. The van der Waals surface area contributed by atoms with Crippen molar-refractivity contribution in [3.63, 3.8) is 0 Å². The molecular weight excluding hydrogens is 725 g/mol. The molecule has 5 aliphatic carbocycles. The van der Waals surface area contributed by atoms with Crippen molar-refractivity contribution in [3.05, 3.63) is 202 Å². The number of hydrogen-bond donors (Lipinski definition) is 0. The highest BCUT2D eigenvalue weighted by molar-refractivity contribution is 6.14. The number of allylic oxidation sites excluding steroid dienone is 4. The molecule has 2 spiro atoms. The molecule has 2 nitrogen and oxygen atoms in total. The molecule has 1 aliphatic heterocycles. The molecule has 12 rings (SSSR count). The summed E-state index contributed by atoms with van der Waals surface area (Å²) >= 11 is 0. The molecule has 0 aromatic heterocycles. The van der Waals surface area contributed by atoms with E-state index in [0.717, 1.165) is 36.4 Å². The highest BCUT2D eigenvalue weighted by Crippen LogP contribution is 2.64. The quantitative estimate of drug-likeness (QED) is 0.167. The number of amidine groups is 1. The fourth-order valence-corrected chi connectivity index (χ4v) is 12.5. The van der Waals surface area contributed by atoms with Gasteiger partial charge in [0.2, 0.25) is 0 Å². The van der Waals surface area contributed by atoms with Crippen LogP contribution in [0.2, 0.25) is 0 Å². The summed E-state index contributed by atoms with van der Waals surface area (Å²) in [5, 5.41) is 0. The van der Waals surface area contributed by atoms with Crippen molar-refractivity contribution in [1.82, 2.24) is 0 Å². The van der Waals surface area contributed by atoms with Gasteiger partial charge in [0, 0.05) is 22.8 Å². The normalized spacial score (nSPS) is 20.8. The third kappa shape index (κ3) is 5.67. The van der Waals surface area contributed by atoms with Gasteiger partial charge in [0.25, 0.3) is 0 Å². The first kappa shape index (κ1) is 36.0. The van der Waals surface area contributed by atoms with Crippen LogP contribution in [0.3, 0.4) is 0 Å². The summed E-state index contributed by atoms with van der Waals surface area (Å²) in [5.41, 5.74) is 23.0. The maximum absolute atomic E-state index is 5.28. The van der Waals surface area contributed by atoms with E-state index in [1.54, 1.807) is 39.0 Å². The zero-order valence-electron chi connectivity index (χ0n) is 34.6. The summed E-state index contributed by atoms with van der Waals surface area (Å²) in [7, 11) is 0. The maximum atomic E-state index is 5.28. The van der Waals surface area contributed by atoms with E-state index in [1.807, 2.05) is 0 Å². The number of nitrogens with zero attached hydrogens (tertiary/aromatic N) is 2. The summed E-state index contributed by atoms with van der Waals surface area (Å²) in [5.74, 6) is 0.815. The van der Waals surface area contributed by atoms with E-state index in [9.17, 15) is 0 Å². The average molecular weight is 777 g/mol. The molecule has 0 amide bonds. The Morgan fingerprint density at radius 1 is 0.467 bits per heavy atom. The topological polar surface area (TPSA) is 24.7 Å². The van der Waals surface area contributed by atoms with Crippen LogP contribution in [-0.4, -0.2) is 11.5 Å². The minimum absolute atomic E-state index is 0.00420. The second-order valence-corrected chi connectivity index (χ2v) is 18.4. The molecule has 6 aliphatic rings. The van der Waals surface area contributed by atoms with Gasteiger partial charge in [-0.3, -0.25) is 4.99 Å². The van der Waals surface area contributed by atoms with Crippen molar-refractivity contribution >= 4 is 22.7 Å². The Morgan fingerprint density at radius 3 is 1.78 bits per heavy atom. The Hall–Kier alpha value is -5.86. The van der Waals surface area contributed by atoms with Crippen molar-refractivity contribution in [1.29, 1.82) is 0 Å². The zero-order chi connectivity index (χ0) is 39.7. The molecule has 2 fully saturated rings. The highest BCUT2D eigenvalue weighted by atomic mass is 15.0. The molecule has 0 saturated heterocycles. The standard InChI is InChI=1S/C58H52N2/c1-5-16-39(17-6-1)40-24-28-42(29-25-40)53-38-54(60-56(59-53)44-18-7-2-8-19-44)43-30-26-41(27-31-43)45-21-15-22-47-49-37-51-48(36-52(49)58(55(45)47)34-13-4-14-35-58)46-20-9-10-23-50(46)57(51)32-11-3-12-33-57/h1-2,5-10,16-21,23-31,36-37,53H,3-4,11-15,22,32-35,38H2. The van der Waals surface area contributed by atoms with E-state index in [-0.39, 0.29) is 16.9 Å². The van der Waals surface area contributed by atoms with Crippen LogP contribution in [-0.2, 0) is 10.8 Å². The Morgan fingerprint density at radius 2 is 1.05 bits per heavy atom. The van der Waals surface area contributed by atoms with Gasteiger partial charge >= 0.3 is 0 Å². The predicted molar refractivity (Wildman–Crippen MR) is 250 cm³/mol. The molecule has 0 bridgehead atoms. The van der Waals surface area contributed by atoms with Gasteiger partial charge in [0.1, 0.15) is 0 Å². The Kier molecular flexibility index (Phi) is 8.65. The molecule has 60 heavy (non-hydrogen) atoms. The van der Waals surface area contributed by atoms with Crippen LogP contribution in [0.5, 0.6) is 0 Å². The lowest BCUT2D eigenvalue weighted by Gasteiger charge is -2.40. The van der Waals surface area contributed by atoms with Crippen molar-refractivity contribution in [2.75, 3.05) is 0 Å². The van der Waals surface area contributed by atoms with E-state index in [1.165, 1.54) is 103 Å². The van der Waals surface area contributed by atoms with Gasteiger partial charge in [-0.15, -0.1) is 0 Å². The third-order valence-electron chi connectivity index (χ3n) is 15.3. The number of benzene rings is 6. The molecule has 2 heteroatoms. The van der Waals surface area contributed by atoms with Gasteiger partial charge in [0.15, 0.2) is 5.84 Å². The summed E-state index contributed by atoms with van der Waals surface area (Å²) in [6.07, 6.45) is 18.7. The van der Waals surface area contributed by atoms with E-state index in [0.29, 0.717) is 0 Å². The first-order chi connectivity index (χ1) is 29.7. The molecule has 1 heterocycles. The Labute approximate surface area is 355 Å². The smallest absolute Gasteiger partial charge is 0.155 e. The lowest BCUT2D eigenvalue weighted by Crippen LogP contribution is -2.31. The van der Waals surface area contributed by atoms with E-state index >= 15 is 0 Å². The van der Waals surface area contributed by atoms with Crippen LogP contribution in [0.4, 0.5) is 0 Å². The number of rotatable bonds is 5. The number of fused-ring (bicyclic) bond motifs is 9. The summed E-state index contributed by atoms with van der Waals surface area (Å²) in [4.78, 5) is 10.6. The number of aliphatic imine (C=N–C) groups is 2. The molecule has 6 aromatic carbocycles. The van der Waals surface area contributed by atoms with Gasteiger partial charge in [0.05, 0.1) is 11.8 Å². The maximum Gasteiger partial charge on any atom is 0.155 e. The molecule has 0 radical (unpaired) electrons. The molecular formula is C58H52N2. The van der Waals surface area contributed by atoms with Crippen LogP contribution in [0.25, 0.3) is 33.4 Å². The molecule has 1 unspecified atom stereocenters. The zero-order valence-corrected chi connectivity index (χ0v) is 34.6. The second-order valence-electron chi connectivity index (χ2n) is 18.4.